The molecule has 2 atom stereocenters. The quantitative estimate of drug-likeness (QED) is 0.0994. The molecule has 0 aromatic heterocycles. The Hall–Kier alpha value is -1.51. The molecule has 2 saturated carbocycles. The normalized spacial score (nSPS) is 23.4. The minimum Gasteiger partial charge on any atom is -0.494 e. The number of ether oxygens (including phenoxy) is 2. The highest BCUT2D eigenvalue weighted by atomic mass is 16.5. The number of esters is 1. The molecular weight excluding hydrogens is 480 g/mol. The molecule has 1 aromatic carbocycles. The van der Waals surface area contributed by atoms with E-state index in [1.165, 1.54) is 122 Å². The van der Waals surface area contributed by atoms with Crippen LogP contribution in [0.15, 0.2) is 24.3 Å². The highest BCUT2D eigenvalue weighted by Crippen LogP contribution is 2.37. The van der Waals surface area contributed by atoms with Gasteiger partial charge in [-0.25, -0.2) is 0 Å². The van der Waals surface area contributed by atoms with Gasteiger partial charge < -0.3 is 9.47 Å². The van der Waals surface area contributed by atoms with Crippen LogP contribution < -0.4 is 9.47 Å². The standard InChI is InChI=1S/C36H60O3/c1-3-5-7-9-11-16-30-21-23-33(24-22-30)36(37)39-35-27-25-34(26-28-35)38-29-15-20-32-19-14-13-18-31(32)17-12-10-8-6-4-2/h25-28,30-33H,3-24,29H2,1-2H3. The zero-order valence-electron chi connectivity index (χ0n) is 25.6. The number of carbonyl (C=O) groups is 1. The first-order valence-electron chi connectivity index (χ1n) is 17.1. The van der Waals surface area contributed by atoms with Crippen molar-refractivity contribution in [2.45, 2.75) is 155 Å². The van der Waals surface area contributed by atoms with E-state index in [9.17, 15) is 4.79 Å². The Morgan fingerprint density at radius 2 is 1.18 bits per heavy atom. The highest BCUT2D eigenvalue weighted by molar-refractivity contribution is 5.75. The number of rotatable bonds is 19. The van der Waals surface area contributed by atoms with E-state index >= 15 is 0 Å². The van der Waals surface area contributed by atoms with Crippen molar-refractivity contribution in [3.05, 3.63) is 24.3 Å². The molecule has 3 heteroatoms. The fourth-order valence-corrected chi connectivity index (χ4v) is 7.12. The van der Waals surface area contributed by atoms with Crippen molar-refractivity contribution in [1.82, 2.24) is 0 Å². The van der Waals surface area contributed by atoms with E-state index in [1.807, 2.05) is 24.3 Å². The number of carbonyl (C=O) groups excluding carboxylic acids is 1. The van der Waals surface area contributed by atoms with E-state index in [4.69, 9.17) is 9.47 Å². The van der Waals surface area contributed by atoms with Crippen molar-refractivity contribution in [3.63, 3.8) is 0 Å². The largest absolute Gasteiger partial charge is 0.494 e. The number of hydrogen-bond acceptors (Lipinski definition) is 3. The zero-order valence-corrected chi connectivity index (χ0v) is 25.6. The molecule has 1 aromatic rings. The maximum Gasteiger partial charge on any atom is 0.314 e. The van der Waals surface area contributed by atoms with Crippen LogP contribution in [0.2, 0.25) is 0 Å². The molecule has 2 unspecified atom stereocenters. The number of unbranched alkanes of at least 4 members (excludes halogenated alkanes) is 8. The Morgan fingerprint density at radius 3 is 1.79 bits per heavy atom. The minimum absolute atomic E-state index is 0.0440. The lowest BCUT2D eigenvalue weighted by Crippen LogP contribution is -2.25. The maximum atomic E-state index is 12.7. The van der Waals surface area contributed by atoms with E-state index in [2.05, 4.69) is 13.8 Å². The summed E-state index contributed by atoms with van der Waals surface area (Å²) in [5.74, 6) is 4.21. The molecule has 2 aliphatic rings. The van der Waals surface area contributed by atoms with Crippen LogP contribution in [0.1, 0.15) is 155 Å². The zero-order chi connectivity index (χ0) is 27.5. The van der Waals surface area contributed by atoms with Crippen LogP contribution in [-0.4, -0.2) is 12.6 Å². The van der Waals surface area contributed by atoms with Gasteiger partial charge in [0, 0.05) is 0 Å². The summed E-state index contributed by atoms with van der Waals surface area (Å²) in [4.78, 5) is 12.7. The van der Waals surface area contributed by atoms with Crippen LogP contribution >= 0.6 is 0 Å². The average molecular weight is 541 g/mol. The van der Waals surface area contributed by atoms with Crippen molar-refractivity contribution < 1.29 is 14.3 Å². The molecule has 0 heterocycles. The van der Waals surface area contributed by atoms with Gasteiger partial charge in [-0.2, -0.15) is 0 Å². The van der Waals surface area contributed by atoms with E-state index in [1.54, 1.807) is 0 Å². The number of hydrogen-bond donors (Lipinski definition) is 0. The third-order valence-electron chi connectivity index (χ3n) is 9.67. The number of benzene rings is 1. The van der Waals surface area contributed by atoms with Gasteiger partial charge in [0.2, 0.25) is 0 Å². The lowest BCUT2D eigenvalue weighted by Gasteiger charge is -2.31. The van der Waals surface area contributed by atoms with Gasteiger partial charge in [-0.15, -0.1) is 0 Å². The van der Waals surface area contributed by atoms with Gasteiger partial charge in [0.15, 0.2) is 0 Å². The molecule has 2 aliphatic carbocycles. The van der Waals surface area contributed by atoms with Gasteiger partial charge in [-0.3, -0.25) is 4.79 Å². The Kier molecular flexibility index (Phi) is 16.0. The van der Waals surface area contributed by atoms with Crippen LogP contribution in [0.25, 0.3) is 0 Å². The SMILES string of the molecule is CCCCCCCC1CCC(C(=O)Oc2ccc(OCCCC3CCCCC3CCCCCCC)cc2)CC1. The van der Waals surface area contributed by atoms with Gasteiger partial charge in [-0.05, 0) is 80.5 Å². The predicted molar refractivity (Wildman–Crippen MR) is 164 cm³/mol. The second-order valence-corrected chi connectivity index (χ2v) is 12.8. The summed E-state index contributed by atoms with van der Waals surface area (Å²) in [6.07, 6.45) is 29.0. The molecule has 0 amide bonds. The van der Waals surface area contributed by atoms with E-state index in [-0.39, 0.29) is 11.9 Å². The van der Waals surface area contributed by atoms with Crippen LogP contribution in [0, 0.1) is 23.7 Å². The first-order valence-corrected chi connectivity index (χ1v) is 17.1. The van der Waals surface area contributed by atoms with Gasteiger partial charge in [0.05, 0.1) is 12.5 Å². The molecule has 0 radical (unpaired) electrons. The van der Waals surface area contributed by atoms with E-state index < -0.39 is 0 Å². The minimum atomic E-state index is -0.0440. The summed E-state index contributed by atoms with van der Waals surface area (Å²) < 4.78 is 11.8. The van der Waals surface area contributed by atoms with Gasteiger partial charge in [0.25, 0.3) is 0 Å². The lowest BCUT2D eigenvalue weighted by molar-refractivity contribution is -0.140. The first-order chi connectivity index (χ1) is 19.2. The monoisotopic (exact) mass is 540 g/mol. The van der Waals surface area contributed by atoms with Crippen molar-refractivity contribution in [2.24, 2.45) is 23.7 Å². The molecule has 0 bridgehead atoms. The van der Waals surface area contributed by atoms with Crippen molar-refractivity contribution >= 4 is 5.97 Å². The molecular formula is C36H60O3. The second-order valence-electron chi connectivity index (χ2n) is 12.8. The summed E-state index contributed by atoms with van der Waals surface area (Å²) in [7, 11) is 0. The molecule has 2 fully saturated rings. The smallest absolute Gasteiger partial charge is 0.314 e. The summed E-state index contributed by atoms with van der Waals surface area (Å²) >= 11 is 0. The van der Waals surface area contributed by atoms with Crippen LogP contribution in [0.4, 0.5) is 0 Å². The fourth-order valence-electron chi connectivity index (χ4n) is 7.12. The summed E-state index contributed by atoms with van der Waals surface area (Å²) in [5.41, 5.74) is 0. The van der Waals surface area contributed by atoms with Crippen LogP contribution in [0.3, 0.4) is 0 Å². The average Bonchev–Trinajstić information content (AvgIpc) is 2.97. The van der Waals surface area contributed by atoms with Crippen molar-refractivity contribution in [3.8, 4) is 11.5 Å². The maximum absolute atomic E-state index is 12.7. The molecule has 0 saturated heterocycles. The Balaban J connectivity index is 1.28. The molecule has 0 spiro atoms. The Labute approximate surface area is 241 Å². The highest BCUT2D eigenvalue weighted by Gasteiger charge is 2.27. The molecule has 222 valence electrons. The topological polar surface area (TPSA) is 35.5 Å². The fraction of sp³-hybridized carbons (Fsp3) is 0.806. The Morgan fingerprint density at radius 1 is 0.641 bits per heavy atom. The molecule has 0 N–H and O–H groups in total. The van der Waals surface area contributed by atoms with Crippen molar-refractivity contribution in [1.29, 1.82) is 0 Å². The molecule has 3 nitrogen and oxygen atoms in total. The second kappa shape index (κ2) is 19.5. The third kappa shape index (κ3) is 12.7. The summed E-state index contributed by atoms with van der Waals surface area (Å²) in [6.45, 7) is 5.35. The lowest BCUT2D eigenvalue weighted by atomic mass is 9.74. The molecule has 39 heavy (non-hydrogen) atoms. The first kappa shape index (κ1) is 32.0. The molecule has 0 aliphatic heterocycles. The van der Waals surface area contributed by atoms with Gasteiger partial charge in [0.1, 0.15) is 11.5 Å². The predicted octanol–water partition coefficient (Wildman–Crippen LogP) is 11.1. The Bertz CT molecular complexity index is 749. The van der Waals surface area contributed by atoms with E-state index in [0.29, 0.717) is 5.75 Å². The van der Waals surface area contributed by atoms with Crippen LogP contribution in [-0.2, 0) is 4.79 Å². The third-order valence-corrected chi connectivity index (χ3v) is 9.67. The van der Waals surface area contributed by atoms with Crippen LogP contribution in [0.5, 0.6) is 11.5 Å². The van der Waals surface area contributed by atoms with Crippen molar-refractivity contribution in [2.75, 3.05) is 6.61 Å². The van der Waals surface area contributed by atoms with E-state index in [0.717, 1.165) is 49.4 Å². The van der Waals surface area contributed by atoms with Gasteiger partial charge >= 0.3 is 5.97 Å². The van der Waals surface area contributed by atoms with Gasteiger partial charge in [-0.1, -0.05) is 117 Å². The molecule has 3 rings (SSSR count). The summed E-state index contributed by atoms with van der Waals surface area (Å²) in [6, 6.07) is 7.70. The summed E-state index contributed by atoms with van der Waals surface area (Å²) in [5, 5.41) is 0.